The fourth-order valence-electron chi connectivity index (χ4n) is 5.48. The summed E-state index contributed by atoms with van der Waals surface area (Å²) in [6.07, 6.45) is 9.04. The highest BCUT2D eigenvalue weighted by Gasteiger charge is 2.51. The van der Waals surface area contributed by atoms with Crippen LogP contribution >= 0.6 is 0 Å². The summed E-state index contributed by atoms with van der Waals surface area (Å²) >= 11 is 0. The Balaban J connectivity index is 1.66. The van der Waals surface area contributed by atoms with Crippen LogP contribution in [0.2, 0.25) is 0 Å². The average Bonchev–Trinajstić information content (AvgIpc) is 2.79. The number of hydrazine groups is 1. The van der Waals surface area contributed by atoms with Crippen molar-refractivity contribution in [1.82, 2.24) is 20.4 Å². The van der Waals surface area contributed by atoms with Gasteiger partial charge in [-0.15, -0.1) is 5.10 Å². The fourth-order valence-corrected chi connectivity index (χ4v) is 5.48. The third-order valence-electron chi connectivity index (χ3n) is 5.93. The number of nitrogens with one attached hydrogen (secondary N) is 1. The Morgan fingerprint density at radius 2 is 1.84 bits per heavy atom. The van der Waals surface area contributed by atoms with Gasteiger partial charge in [-0.25, -0.2) is 0 Å². The number of hydrogen-bond acceptors (Lipinski definition) is 4. The van der Waals surface area contributed by atoms with Crippen molar-refractivity contribution in [2.24, 2.45) is 42.5 Å². The number of nitrogens with zero attached hydrogens (tertiary/aromatic N) is 3. The van der Waals surface area contributed by atoms with Crippen molar-refractivity contribution < 1.29 is 0 Å². The Hall–Kier alpha value is -0.940. The van der Waals surface area contributed by atoms with Crippen LogP contribution in [0.3, 0.4) is 0 Å². The van der Waals surface area contributed by atoms with Gasteiger partial charge in [-0.3, -0.25) is 16.0 Å². The Morgan fingerprint density at radius 1 is 1.21 bits per heavy atom. The van der Waals surface area contributed by atoms with E-state index < -0.39 is 0 Å². The van der Waals surface area contributed by atoms with Crippen LogP contribution in [-0.2, 0) is 7.05 Å². The molecule has 0 aliphatic heterocycles. The molecule has 0 spiro atoms. The van der Waals surface area contributed by atoms with E-state index in [9.17, 15) is 0 Å². The Morgan fingerprint density at radius 3 is 2.32 bits per heavy atom. The van der Waals surface area contributed by atoms with Gasteiger partial charge in [0.15, 0.2) is 0 Å². The molecule has 1 aromatic rings. The van der Waals surface area contributed by atoms with Crippen LogP contribution in [0.15, 0.2) is 6.20 Å². The summed E-state index contributed by atoms with van der Waals surface area (Å²) in [7, 11) is 1.96. The number of rotatable bonds is 3. The second-order valence-electron chi connectivity index (χ2n) is 6.93. The van der Waals surface area contributed by atoms with Crippen molar-refractivity contribution in [3.63, 3.8) is 0 Å². The van der Waals surface area contributed by atoms with Gasteiger partial charge in [0.25, 0.3) is 0 Å². The molecule has 0 radical (unpaired) electrons. The summed E-state index contributed by atoms with van der Waals surface area (Å²) in [5, 5.41) is 8.09. The van der Waals surface area contributed by atoms with Crippen LogP contribution in [0.1, 0.15) is 43.8 Å². The zero-order valence-electron chi connectivity index (χ0n) is 11.5. The third-order valence-corrected chi connectivity index (χ3v) is 5.93. The lowest BCUT2D eigenvalue weighted by molar-refractivity contribution is -0.0536. The Kier molecular flexibility index (Phi) is 2.67. The van der Waals surface area contributed by atoms with Crippen LogP contribution in [-0.4, -0.2) is 15.0 Å². The van der Waals surface area contributed by atoms with Gasteiger partial charge in [0.1, 0.15) is 0 Å². The predicted octanol–water partition coefficient (Wildman–Crippen LogP) is 1.39. The quantitative estimate of drug-likeness (QED) is 0.637. The molecule has 1 heterocycles. The van der Waals surface area contributed by atoms with Gasteiger partial charge in [-0.1, -0.05) is 5.21 Å². The van der Waals surface area contributed by atoms with E-state index >= 15 is 0 Å². The van der Waals surface area contributed by atoms with Crippen molar-refractivity contribution in [3.8, 4) is 0 Å². The standard InChI is InChI=1S/C14H23N5/c1-19-12(7-16-18-19)14(17-15)13-10-3-8-2-9(5-10)6-11(13)4-8/h7-11,13-14,17H,2-6,15H2,1H3. The van der Waals surface area contributed by atoms with Gasteiger partial charge in [-0.2, -0.15) is 0 Å². The molecule has 5 nitrogen and oxygen atoms in total. The van der Waals surface area contributed by atoms with E-state index in [-0.39, 0.29) is 6.04 Å². The van der Waals surface area contributed by atoms with Crippen LogP contribution in [0.25, 0.3) is 0 Å². The molecule has 5 heteroatoms. The van der Waals surface area contributed by atoms with Crippen LogP contribution in [0.5, 0.6) is 0 Å². The minimum Gasteiger partial charge on any atom is -0.271 e. The Labute approximate surface area is 113 Å². The summed E-state index contributed by atoms with van der Waals surface area (Å²) in [6, 6.07) is 0.218. The van der Waals surface area contributed by atoms with Crippen molar-refractivity contribution >= 4 is 0 Å². The minimum absolute atomic E-state index is 0.218. The van der Waals surface area contributed by atoms with E-state index in [0.29, 0.717) is 5.92 Å². The first-order valence-electron chi connectivity index (χ1n) is 7.57. The summed E-state index contributed by atoms with van der Waals surface area (Å²) in [4.78, 5) is 0. The fraction of sp³-hybridized carbons (Fsp3) is 0.857. The molecule has 4 aliphatic carbocycles. The van der Waals surface area contributed by atoms with E-state index in [1.165, 1.54) is 32.1 Å². The average molecular weight is 261 g/mol. The summed E-state index contributed by atoms with van der Waals surface area (Å²) in [5.41, 5.74) is 4.21. The molecule has 0 aromatic carbocycles. The molecule has 4 fully saturated rings. The highest BCUT2D eigenvalue weighted by Crippen LogP contribution is 2.59. The second-order valence-corrected chi connectivity index (χ2v) is 6.93. The van der Waals surface area contributed by atoms with Crippen LogP contribution < -0.4 is 11.3 Å². The highest BCUT2D eigenvalue weighted by molar-refractivity contribution is 5.10. The number of nitrogens with two attached hydrogens (primary N) is 1. The van der Waals surface area contributed by atoms with E-state index in [1.807, 2.05) is 17.9 Å². The molecule has 5 rings (SSSR count). The minimum atomic E-state index is 0.218. The number of aryl methyl sites for hydroxylation is 1. The van der Waals surface area contributed by atoms with Crippen molar-refractivity contribution in [2.75, 3.05) is 0 Å². The molecule has 4 aliphatic rings. The van der Waals surface area contributed by atoms with Crippen molar-refractivity contribution in [2.45, 2.75) is 38.1 Å². The molecular weight excluding hydrogens is 238 g/mol. The molecule has 104 valence electrons. The molecule has 1 atom stereocenters. The smallest absolute Gasteiger partial charge is 0.0769 e. The summed E-state index contributed by atoms with van der Waals surface area (Å²) in [5.74, 6) is 10.3. The van der Waals surface area contributed by atoms with E-state index in [2.05, 4.69) is 15.7 Å². The third kappa shape index (κ3) is 1.75. The first-order valence-corrected chi connectivity index (χ1v) is 7.57. The van der Waals surface area contributed by atoms with Gasteiger partial charge in [0.05, 0.1) is 17.9 Å². The van der Waals surface area contributed by atoms with E-state index in [0.717, 1.165) is 29.4 Å². The SMILES string of the molecule is Cn1nncc1C(NN)C1C2CC3CC(C2)CC1C3. The monoisotopic (exact) mass is 261 g/mol. The number of aromatic nitrogens is 3. The lowest BCUT2D eigenvalue weighted by Crippen LogP contribution is -2.51. The topological polar surface area (TPSA) is 68.8 Å². The van der Waals surface area contributed by atoms with Gasteiger partial charge >= 0.3 is 0 Å². The zero-order valence-corrected chi connectivity index (χ0v) is 11.5. The molecule has 1 unspecified atom stereocenters. The first-order chi connectivity index (χ1) is 9.26. The zero-order chi connectivity index (χ0) is 13.0. The Bertz CT molecular complexity index is 440. The summed E-state index contributed by atoms with van der Waals surface area (Å²) < 4.78 is 1.87. The molecule has 0 amide bonds. The number of hydrogen-bond donors (Lipinski definition) is 2. The summed E-state index contributed by atoms with van der Waals surface area (Å²) in [6.45, 7) is 0. The van der Waals surface area contributed by atoms with Gasteiger partial charge < -0.3 is 0 Å². The molecule has 4 saturated carbocycles. The molecule has 1 aromatic heterocycles. The van der Waals surface area contributed by atoms with Crippen LogP contribution in [0, 0.1) is 29.6 Å². The van der Waals surface area contributed by atoms with Crippen molar-refractivity contribution in [1.29, 1.82) is 0 Å². The molecule has 3 N–H and O–H groups in total. The van der Waals surface area contributed by atoms with Gasteiger partial charge in [0, 0.05) is 7.05 Å². The first kappa shape index (κ1) is 11.9. The van der Waals surface area contributed by atoms with E-state index in [1.54, 1.807) is 0 Å². The lowest BCUT2D eigenvalue weighted by atomic mass is 9.50. The lowest BCUT2D eigenvalue weighted by Gasteiger charge is -2.56. The maximum atomic E-state index is 5.89. The maximum absolute atomic E-state index is 5.89. The molecule has 0 saturated heterocycles. The maximum Gasteiger partial charge on any atom is 0.0769 e. The highest BCUT2D eigenvalue weighted by atomic mass is 15.4. The molecule has 4 bridgehead atoms. The van der Waals surface area contributed by atoms with Crippen LogP contribution in [0.4, 0.5) is 0 Å². The van der Waals surface area contributed by atoms with Gasteiger partial charge in [-0.05, 0) is 61.7 Å². The molecule has 19 heavy (non-hydrogen) atoms. The predicted molar refractivity (Wildman–Crippen MR) is 71.6 cm³/mol. The van der Waals surface area contributed by atoms with Crippen molar-refractivity contribution in [3.05, 3.63) is 11.9 Å². The molecular formula is C14H23N5. The van der Waals surface area contributed by atoms with E-state index in [4.69, 9.17) is 5.84 Å². The normalized spacial score (nSPS) is 41.7. The van der Waals surface area contributed by atoms with Gasteiger partial charge in [0.2, 0.25) is 0 Å². The second kappa shape index (κ2) is 4.28. The largest absolute Gasteiger partial charge is 0.271 e.